The number of pyridine rings is 3. The van der Waals surface area contributed by atoms with Gasteiger partial charge in [-0.15, -0.1) is 24.0 Å². The van der Waals surface area contributed by atoms with Crippen molar-refractivity contribution in [1.29, 1.82) is 0 Å². The number of halogens is 2. The van der Waals surface area contributed by atoms with Gasteiger partial charge in [0.2, 0.25) is 0 Å². The van der Waals surface area contributed by atoms with E-state index in [-0.39, 0.29) is 17.8 Å². The van der Waals surface area contributed by atoms with Gasteiger partial charge in [0.1, 0.15) is 5.69 Å². The van der Waals surface area contributed by atoms with Crippen LogP contribution in [0.4, 0.5) is 0 Å². The summed E-state index contributed by atoms with van der Waals surface area (Å²) in [5.74, 6) is 0. The molecule has 3 aromatic heterocycles. The molecule has 7 heteroatoms. The number of aldehydes is 1. The van der Waals surface area contributed by atoms with E-state index in [1.54, 1.807) is 13.0 Å². The van der Waals surface area contributed by atoms with Crippen LogP contribution in [-0.2, 0) is 0 Å². The fourth-order valence-corrected chi connectivity index (χ4v) is 2.33. The smallest absolute Gasteiger partial charge is 0.168 e. The van der Waals surface area contributed by atoms with Crippen molar-refractivity contribution >= 4 is 30.3 Å². The van der Waals surface area contributed by atoms with Gasteiger partial charge in [-0.3, -0.25) is 19.7 Å². The molecule has 0 aliphatic carbocycles. The van der Waals surface area contributed by atoms with Gasteiger partial charge in [-0.1, -0.05) is 18.2 Å². The Kier molecular flexibility index (Phi) is 13.5. The van der Waals surface area contributed by atoms with Crippen molar-refractivity contribution in [3.63, 3.8) is 0 Å². The molecular weight excluding hydrogens is 421 g/mol. The number of aliphatic hydroxyl groups excluding tert-OH is 1. The summed E-state index contributed by atoms with van der Waals surface area (Å²) < 4.78 is 0. The van der Waals surface area contributed by atoms with Crippen molar-refractivity contribution in [3.8, 4) is 0 Å². The molecule has 0 aromatic carbocycles. The summed E-state index contributed by atoms with van der Waals surface area (Å²) in [5.41, 5.74) is 5.01. The topological polar surface area (TPSA) is 76.0 Å². The minimum atomic E-state index is -0.458. The molecule has 0 aliphatic heterocycles. The molecule has 2 atom stereocenters. The van der Waals surface area contributed by atoms with Crippen molar-refractivity contribution in [3.05, 3.63) is 88.8 Å². The minimum absolute atomic E-state index is 0. The standard InChI is InChI=1S/C8H10ClN.C8H11NO.C7H7NO.ClH/c1-6-4-3-5-8(10-6)7(2)9;1-6-4-3-5-8(9-6)7(2)10;1-6-3-2-4-7(5-9)8-6;/h3-5,7H,1-2H3;3-5,7,10H,1-2H3;2-5H,1H3;1H. The Bertz CT molecular complexity index is 853. The lowest BCUT2D eigenvalue weighted by Crippen LogP contribution is -1.95. The number of aryl methyl sites for hydroxylation is 3. The van der Waals surface area contributed by atoms with Gasteiger partial charge in [0.25, 0.3) is 0 Å². The van der Waals surface area contributed by atoms with Gasteiger partial charge < -0.3 is 5.11 Å². The SMILES string of the molecule is Cc1cccc(C(C)Cl)n1.Cc1cccc(C(C)O)n1.Cc1cccc(C=O)n1.Cl. The third-order valence-corrected chi connectivity index (χ3v) is 3.91. The second kappa shape index (κ2) is 14.6. The average Bonchev–Trinajstić information content (AvgIpc) is 2.69. The normalized spacial score (nSPS) is 11.4. The highest BCUT2D eigenvalue weighted by Gasteiger charge is 2.00. The van der Waals surface area contributed by atoms with Crippen molar-refractivity contribution in [2.75, 3.05) is 0 Å². The van der Waals surface area contributed by atoms with Gasteiger partial charge in [0.05, 0.1) is 22.9 Å². The van der Waals surface area contributed by atoms with E-state index in [1.165, 1.54) is 0 Å². The summed E-state index contributed by atoms with van der Waals surface area (Å²) in [6.45, 7) is 9.35. The highest BCUT2D eigenvalue weighted by atomic mass is 35.5. The van der Waals surface area contributed by atoms with Crippen LogP contribution < -0.4 is 0 Å². The second-order valence-electron chi connectivity index (χ2n) is 6.52. The van der Waals surface area contributed by atoms with Crippen molar-refractivity contribution < 1.29 is 9.90 Å². The van der Waals surface area contributed by atoms with E-state index in [0.717, 1.165) is 34.8 Å². The maximum Gasteiger partial charge on any atom is 0.168 e. The van der Waals surface area contributed by atoms with Crippen LogP contribution in [0.1, 0.15) is 64.3 Å². The van der Waals surface area contributed by atoms with Crippen molar-refractivity contribution in [2.45, 2.75) is 46.1 Å². The Balaban J connectivity index is 0.000000414. The Morgan fingerprint density at radius 2 is 1.23 bits per heavy atom. The fourth-order valence-electron chi connectivity index (χ4n) is 2.21. The molecule has 3 aromatic rings. The van der Waals surface area contributed by atoms with E-state index in [2.05, 4.69) is 15.0 Å². The van der Waals surface area contributed by atoms with Crippen LogP contribution in [0.3, 0.4) is 0 Å². The molecule has 0 bridgehead atoms. The second-order valence-corrected chi connectivity index (χ2v) is 7.18. The Morgan fingerprint density at radius 3 is 1.53 bits per heavy atom. The van der Waals surface area contributed by atoms with Crippen molar-refractivity contribution in [1.82, 2.24) is 15.0 Å². The molecule has 0 saturated carbocycles. The number of carbonyl (C=O) groups excluding carboxylic acids is 1. The number of aliphatic hydroxyl groups is 1. The molecule has 1 N–H and O–H groups in total. The lowest BCUT2D eigenvalue weighted by Gasteiger charge is -2.02. The predicted octanol–water partition coefficient (Wildman–Crippen LogP) is 5.76. The molecule has 0 saturated heterocycles. The summed E-state index contributed by atoms with van der Waals surface area (Å²) >= 11 is 5.81. The summed E-state index contributed by atoms with van der Waals surface area (Å²) in [6, 6.07) is 16.8. The first-order valence-electron chi connectivity index (χ1n) is 9.31. The van der Waals surface area contributed by atoms with Crippen molar-refractivity contribution in [2.24, 2.45) is 0 Å². The molecule has 3 heterocycles. The van der Waals surface area contributed by atoms with Crippen LogP contribution in [0.5, 0.6) is 0 Å². The number of hydrogen-bond donors (Lipinski definition) is 1. The van der Waals surface area contributed by atoms with Gasteiger partial charge in [-0.05, 0) is 71.0 Å². The average molecular weight is 450 g/mol. The maximum atomic E-state index is 10.1. The summed E-state index contributed by atoms with van der Waals surface area (Å²) in [5, 5.41) is 9.10. The zero-order chi connectivity index (χ0) is 21.8. The highest BCUT2D eigenvalue weighted by Crippen LogP contribution is 2.16. The van der Waals surface area contributed by atoms with E-state index in [0.29, 0.717) is 5.69 Å². The van der Waals surface area contributed by atoms with Gasteiger partial charge >= 0.3 is 0 Å². The third kappa shape index (κ3) is 11.0. The van der Waals surface area contributed by atoms with E-state index < -0.39 is 6.10 Å². The molecule has 3 rings (SSSR count). The van der Waals surface area contributed by atoms with Crippen LogP contribution >= 0.6 is 24.0 Å². The van der Waals surface area contributed by atoms with Gasteiger partial charge in [0.15, 0.2) is 6.29 Å². The molecule has 0 spiro atoms. The van der Waals surface area contributed by atoms with Gasteiger partial charge in [-0.2, -0.15) is 0 Å². The molecule has 0 aliphatic rings. The van der Waals surface area contributed by atoms with E-state index in [1.807, 2.05) is 76.2 Å². The number of nitrogens with zero attached hydrogens (tertiary/aromatic N) is 3. The molecule has 0 fully saturated rings. The molecular formula is C23H29Cl2N3O2. The lowest BCUT2D eigenvalue weighted by molar-refractivity contribution is 0.111. The van der Waals surface area contributed by atoms with E-state index in [4.69, 9.17) is 16.7 Å². The molecule has 2 unspecified atom stereocenters. The first-order valence-corrected chi connectivity index (χ1v) is 9.74. The first kappa shape index (κ1) is 27.7. The van der Waals surface area contributed by atoms with E-state index in [9.17, 15) is 4.79 Å². The molecule has 0 amide bonds. The zero-order valence-corrected chi connectivity index (χ0v) is 19.5. The summed E-state index contributed by atoms with van der Waals surface area (Å²) in [7, 11) is 0. The maximum absolute atomic E-state index is 10.1. The lowest BCUT2D eigenvalue weighted by atomic mass is 10.2. The summed E-state index contributed by atoms with van der Waals surface area (Å²) in [6.07, 6.45) is 0.285. The Labute approximate surface area is 190 Å². The number of aromatic nitrogens is 3. The quantitative estimate of drug-likeness (QED) is 0.406. The highest BCUT2D eigenvalue weighted by molar-refractivity contribution is 6.20. The van der Waals surface area contributed by atoms with E-state index >= 15 is 0 Å². The molecule has 30 heavy (non-hydrogen) atoms. The largest absolute Gasteiger partial charge is 0.387 e. The molecule has 0 radical (unpaired) electrons. The fraction of sp³-hybridized carbons (Fsp3) is 0.304. The minimum Gasteiger partial charge on any atom is -0.387 e. The monoisotopic (exact) mass is 449 g/mol. The molecule has 162 valence electrons. The Morgan fingerprint density at radius 1 is 0.800 bits per heavy atom. The number of rotatable bonds is 3. The third-order valence-electron chi connectivity index (χ3n) is 3.69. The number of alkyl halides is 1. The molecule has 5 nitrogen and oxygen atoms in total. The first-order chi connectivity index (χ1) is 13.7. The van der Waals surface area contributed by atoms with Gasteiger partial charge in [-0.25, -0.2) is 0 Å². The number of carbonyl (C=O) groups is 1. The number of hydrogen-bond acceptors (Lipinski definition) is 5. The van der Waals surface area contributed by atoms with Crippen LogP contribution in [0, 0.1) is 20.8 Å². The van der Waals surface area contributed by atoms with Crippen LogP contribution in [-0.4, -0.2) is 26.3 Å². The van der Waals surface area contributed by atoms with Crippen LogP contribution in [0.2, 0.25) is 0 Å². The Hall–Kier alpha value is -2.34. The predicted molar refractivity (Wildman–Crippen MR) is 124 cm³/mol. The van der Waals surface area contributed by atoms with Crippen LogP contribution in [0.15, 0.2) is 54.6 Å². The van der Waals surface area contributed by atoms with Crippen LogP contribution in [0.25, 0.3) is 0 Å². The summed E-state index contributed by atoms with van der Waals surface area (Å²) in [4.78, 5) is 22.4. The zero-order valence-electron chi connectivity index (χ0n) is 17.9. The van der Waals surface area contributed by atoms with Gasteiger partial charge in [0, 0.05) is 17.1 Å².